The van der Waals surface area contributed by atoms with Gasteiger partial charge < -0.3 is 14.9 Å². The topological polar surface area (TPSA) is 83.8 Å². The first kappa shape index (κ1) is 42.4. The SMILES string of the molecule is CC/C=C/C(=O)OC\C(=C/C=C\C(C)=C\C=C\C=C(C)\C=C\C=C(C)\C=C\[C@H]1C(C)=C[C@H](O)CC1(C)C)C(=O)CC1=C(C)C[C@@H](O)CC1(C)C. The van der Waals surface area contributed by atoms with E-state index in [4.69, 9.17) is 4.74 Å². The third kappa shape index (κ3) is 14.6. The van der Waals surface area contributed by atoms with Crippen molar-refractivity contribution in [2.24, 2.45) is 16.7 Å². The molecule has 0 aromatic rings. The molecule has 2 rings (SSSR count). The zero-order chi connectivity index (χ0) is 37.5. The molecule has 0 saturated carbocycles. The molecular weight excluding hydrogens is 620 g/mol. The van der Waals surface area contributed by atoms with Gasteiger partial charge in [-0.1, -0.05) is 153 Å². The predicted molar refractivity (Wildman–Crippen MR) is 209 cm³/mol. The van der Waals surface area contributed by atoms with E-state index in [0.717, 1.165) is 35.1 Å². The van der Waals surface area contributed by atoms with Gasteiger partial charge in [-0.05, 0) is 71.1 Å². The number of allylic oxidation sites excluding steroid dienone is 18. The fraction of sp³-hybridized carbons (Fsp3) is 0.467. The molecule has 2 aliphatic carbocycles. The van der Waals surface area contributed by atoms with Gasteiger partial charge in [-0.15, -0.1) is 0 Å². The summed E-state index contributed by atoms with van der Waals surface area (Å²) in [7, 11) is 0. The lowest BCUT2D eigenvalue weighted by atomic mass is 9.67. The van der Waals surface area contributed by atoms with Crippen LogP contribution in [-0.4, -0.2) is 40.8 Å². The molecule has 0 aliphatic heterocycles. The normalized spacial score (nSPS) is 24.0. The lowest BCUT2D eigenvalue weighted by molar-refractivity contribution is -0.137. The van der Waals surface area contributed by atoms with Crippen molar-refractivity contribution < 1.29 is 24.5 Å². The van der Waals surface area contributed by atoms with E-state index in [1.54, 1.807) is 12.2 Å². The van der Waals surface area contributed by atoms with Crippen molar-refractivity contribution in [3.8, 4) is 0 Å². The van der Waals surface area contributed by atoms with Gasteiger partial charge in [0.25, 0.3) is 0 Å². The molecule has 3 atom stereocenters. The van der Waals surface area contributed by atoms with Gasteiger partial charge in [-0.3, -0.25) is 4.79 Å². The summed E-state index contributed by atoms with van der Waals surface area (Å²) in [6.07, 6.45) is 31.4. The Hall–Kier alpha value is -3.80. The van der Waals surface area contributed by atoms with Gasteiger partial charge in [-0.2, -0.15) is 0 Å². The summed E-state index contributed by atoms with van der Waals surface area (Å²) in [5, 5.41) is 20.4. The number of esters is 1. The second-order valence-electron chi connectivity index (χ2n) is 15.3. The quantitative estimate of drug-likeness (QED) is 0.0777. The molecule has 2 N–H and O–H groups in total. The van der Waals surface area contributed by atoms with E-state index in [0.29, 0.717) is 24.3 Å². The Balaban J connectivity index is 2.07. The van der Waals surface area contributed by atoms with Crippen LogP contribution in [-0.2, 0) is 14.3 Å². The van der Waals surface area contributed by atoms with Crippen LogP contribution in [0.3, 0.4) is 0 Å². The summed E-state index contributed by atoms with van der Waals surface area (Å²) in [4.78, 5) is 25.6. The third-order valence-corrected chi connectivity index (χ3v) is 9.45. The average molecular weight is 683 g/mol. The number of hydrogen-bond acceptors (Lipinski definition) is 5. The van der Waals surface area contributed by atoms with Crippen LogP contribution in [0.15, 0.2) is 130 Å². The fourth-order valence-electron chi connectivity index (χ4n) is 6.79. The molecule has 0 aromatic carbocycles. The lowest BCUT2D eigenvalue weighted by Crippen LogP contribution is -2.32. The Labute approximate surface area is 302 Å². The van der Waals surface area contributed by atoms with Crippen LogP contribution in [0.1, 0.15) is 101 Å². The highest BCUT2D eigenvalue weighted by Crippen LogP contribution is 2.43. The first-order valence-corrected chi connectivity index (χ1v) is 18.0. The molecule has 0 fully saturated rings. The lowest BCUT2D eigenvalue weighted by Gasteiger charge is -2.38. The Morgan fingerprint density at radius 2 is 1.42 bits per heavy atom. The van der Waals surface area contributed by atoms with E-state index in [2.05, 4.69) is 78.8 Å². The Kier molecular flexibility index (Phi) is 17.1. The Bertz CT molecular complexity index is 1540. The molecule has 50 heavy (non-hydrogen) atoms. The summed E-state index contributed by atoms with van der Waals surface area (Å²) < 4.78 is 5.41. The summed E-state index contributed by atoms with van der Waals surface area (Å²) in [6, 6.07) is 0. The number of aliphatic hydroxyl groups is 2. The van der Waals surface area contributed by atoms with Crippen molar-refractivity contribution in [2.75, 3.05) is 6.61 Å². The number of rotatable bonds is 15. The van der Waals surface area contributed by atoms with Crippen molar-refractivity contribution in [2.45, 2.75) is 114 Å². The standard InChI is InChI=1S/C45H62O5/c1-11-12-23-43(49)50-31-37(42(48)28-41-36(6)27-39(47)30-45(41,9)10)22-16-21-33(3)18-14-13-17-32(2)19-15-20-34(4)24-25-40-35(5)26-38(46)29-44(40,7)8/h12-26,38-40,46-47H,11,27-31H2,1-10H3/b14-13+,19-15+,21-16-,23-12+,25-24+,32-17+,33-18+,34-20+,37-22+/t38-,39+,40-/m0/s1. The molecule has 0 saturated heterocycles. The second-order valence-corrected chi connectivity index (χ2v) is 15.3. The molecule has 0 aromatic heterocycles. The van der Waals surface area contributed by atoms with Crippen LogP contribution in [0, 0.1) is 16.7 Å². The molecule has 0 amide bonds. The van der Waals surface area contributed by atoms with E-state index in [1.807, 2.05) is 63.3 Å². The number of carbonyl (C=O) groups excluding carboxylic acids is 2. The smallest absolute Gasteiger partial charge is 0.330 e. The minimum atomic E-state index is -0.470. The van der Waals surface area contributed by atoms with Crippen molar-refractivity contribution in [3.05, 3.63) is 130 Å². The number of ketones is 1. The maximum Gasteiger partial charge on any atom is 0.330 e. The summed E-state index contributed by atoms with van der Waals surface area (Å²) >= 11 is 0. The van der Waals surface area contributed by atoms with Gasteiger partial charge in [0.15, 0.2) is 5.78 Å². The van der Waals surface area contributed by atoms with Crippen LogP contribution in [0.25, 0.3) is 0 Å². The Morgan fingerprint density at radius 3 is 2.00 bits per heavy atom. The summed E-state index contributed by atoms with van der Waals surface area (Å²) in [5.41, 5.74) is 6.78. The zero-order valence-corrected chi connectivity index (χ0v) is 32.3. The number of Topliss-reactive ketones (excluding diaryl/α,β-unsaturated/α-hetero) is 1. The molecule has 5 heteroatoms. The number of ether oxygens (including phenoxy) is 1. The first-order valence-electron chi connectivity index (χ1n) is 18.0. The van der Waals surface area contributed by atoms with Crippen LogP contribution >= 0.6 is 0 Å². The fourth-order valence-corrected chi connectivity index (χ4v) is 6.79. The maximum absolute atomic E-state index is 13.5. The van der Waals surface area contributed by atoms with Gasteiger partial charge in [0.05, 0.1) is 12.2 Å². The molecule has 0 radical (unpaired) electrons. The average Bonchev–Trinajstić information content (AvgIpc) is 3.00. The zero-order valence-electron chi connectivity index (χ0n) is 32.3. The third-order valence-electron chi connectivity index (χ3n) is 9.45. The highest BCUT2D eigenvalue weighted by Gasteiger charge is 2.35. The number of carbonyl (C=O) groups is 2. The van der Waals surface area contributed by atoms with Crippen LogP contribution in [0.2, 0.25) is 0 Å². The minimum absolute atomic E-state index is 0.0237. The van der Waals surface area contributed by atoms with Gasteiger partial charge in [0, 0.05) is 24.0 Å². The van der Waals surface area contributed by atoms with Gasteiger partial charge in [-0.25, -0.2) is 4.79 Å². The maximum atomic E-state index is 13.5. The number of hydrogen-bond donors (Lipinski definition) is 2. The highest BCUT2D eigenvalue weighted by molar-refractivity contribution is 5.98. The first-order chi connectivity index (χ1) is 23.4. The molecule has 272 valence electrons. The largest absolute Gasteiger partial charge is 0.458 e. The van der Waals surface area contributed by atoms with Crippen LogP contribution in [0.4, 0.5) is 0 Å². The molecular formula is C45H62O5. The van der Waals surface area contributed by atoms with Crippen LogP contribution < -0.4 is 0 Å². The van der Waals surface area contributed by atoms with Crippen molar-refractivity contribution in [1.29, 1.82) is 0 Å². The molecule has 0 unspecified atom stereocenters. The monoisotopic (exact) mass is 682 g/mol. The van der Waals surface area contributed by atoms with Gasteiger partial charge in [0.1, 0.15) is 6.61 Å². The van der Waals surface area contributed by atoms with Crippen LogP contribution in [0.5, 0.6) is 0 Å². The molecule has 2 aliphatic rings. The Morgan fingerprint density at radius 1 is 0.840 bits per heavy atom. The van der Waals surface area contributed by atoms with E-state index >= 15 is 0 Å². The summed E-state index contributed by atoms with van der Waals surface area (Å²) in [5.74, 6) is -0.243. The second kappa shape index (κ2) is 20.1. The van der Waals surface area contributed by atoms with Crippen molar-refractivity contribution in [1.82, 2.24) is 0 Å². The van der Waals surface area contributed by atoms with E-state index in [-0.39, 0.29) is 35.7 Å². The van der Waals surface area contributed by atoms with Gasteiger partial charge >= 0.3 is 5.97 Å². The van der Waals surface area contributed by atoms with E-state index in [9.17, 15) is 19.8 Å². The van der Waals surface area contributed by atoms with E-state index < -0.39 is 12.1 Å². The number of aliphatic hydroxyl groups excluding tert-OH is 2. The minimum Gasteiger partial charge on any atom is -0.458 e. The van der Waals surface area contributed by atoms with Gasteiger partial charge in [0.2, 0.25) is 0 Å². The highest BCUT2D eigenvalue weighted by atomic mass is 16.5. The summed E-state index contributed by atoms with van der Waals surface area (Å²) in [6.45, 7) is 20.6. The molecule has 0 bridgehead atoms. The van der Waals surface area contributed by atoms with Crippen molar-refractivity contribution >= 4 is 11.8 Å². The molecule has 0 heterocycles. The molecule has 5 nitrogen and oxygen atoms in total. The van der Waals surface area contributed by atoms with E-state index in [1.165, 1.54) is 17.2 Å². The van der Waals surface area contributed by atoms with Crippen molar-refractivity contribution in [3.63, 3.8) is 0 Å². The predicted octanol–water partition coefficient (Wildman–Crippen LogP) is 10.3. The molecule has 0 spiro atoms.